The molecule has 148 valence electrons. The van der Waals surface area contributed by atoms with Gasteiger partial charge in [0.25, 0.3) is 0 Å². The highest BCUT2D eigenvalue weighted by Crippen LogP contribution is 2.30. The molecule has 6 nitrogen and oxygen atoms in total. The van der Waals surface area contributed by atoms with E-state index in [1.54, 1.807) is 16.7 Å². The smallest absolute Gasteiger partial charge is 0.239 e. The summed E-state index contributed by atoms with van der Waals surface area (Å²) in [6, 6.07) is 8.27. The van der Waals surface area contributed by atoms with E-state index in [1.165, 1.54) is 12.1 Å². The molecule has 1 fully saturated rings. The molecule has 0 bridgehead atoms. The number of anilines is 1. The van der Waals surface area contributed by atoms with Gasteiger partial charge in [-0.15, -0.1) is 0 Å². The standard InChI is InChI=1S/C21H25FN4O2/c1-13-10-25(11-14(2)28-13)12-20(27)24-21-19(9-23)15(3)16(4)26(21)18-7-5-6-17(22)8-18/h5-8,13-14H,10-12H2,1-4H3,(H,24,27)/t13-,14+. The summed E-state index contributed by atoms with van der Waals surface area (Å²) in [5.41, 5.74) is 2.49. The van der Waals surface area contributed by atoms with Crippen molar-refractivity contribution in [1.29, 1.82) is 5.26 Å². The lowest BCUT2D eigenvalue weighted by molar-refractivity contribution is -0.121. The van der Waals surface area contributed by atoms with E-state index < -0.39 is 0 Å². The van der Waals surface area contributed by atoms with Crippen molar-refractivity contribution in [2.45, 2.75) is 39.9 Å². The van der Waals surface area contributed by atoms with Gasteiger partial charge in [-0.3, -0.25) is 14.3 Å². The molecule has 1 amide bonds. The van der Waals surface area contributed by atoms with Gasteiger partial charge in [-0.25, -0.2) is 4.39 Å². The number of aromatic nitrogens is 1. The van der Waals surface area contributed by atoms with E-state index in [4.69, 9.17) is 4.74 Å². The minimum absolute atomic E-state index is 0.0619. The van der Waals surface area contributed by atoms with Crippen LogP contribution in [0.5, 0.6) is 0 Å². The lowest BCUT2D eigenvalue weighted by atomic mass is 10.2. The Bertz CT molecular complexity index is 921. The van der Waals surface area contributed by atoms with Crippen molar-refractivity contribution < 1.29 is 13.9 Å². The summed E-state index contributed by atoms with van der Waals surface area (Å²) in [6.07, 6.45) is 0.124. The maximum Gasteiger partial charge on any atom is 0.239 e. The Kier molecular flexibility index (Phi) is 5.82. The molecule has 0 spiro atoms. The number of carbonyl (C=O) groups excluding carboxylic acids is 1. The van der Waals surface area contributed by atoms with Crippen LogP contribution in [0, 0.1) is 31.0 Å². The first-order valence-corrected chi connectivity index (χ1v) is 9.35. The van der Waals surface area contributed by atoms with Gasteiger partial charge in [-0.1, -0.05) is 6.07 Å². The summed E-state index contributed by atoms with van der Waals surface area (Å²) in [7, 11) is 0. The number of halogens is 1. The minimum Gasteiger partial charge on any atom is -0.373 e. The number of nitrogens with one attached hydrogen (secondary N) is 1. The van der Waals surface area contributed by atoms with Gasteiger partial charge in [0, 0.05) is 18.8 Å². The van der Waals surface area contributed by atoms with Crippen molar-refractivity contribution >= 4 is 11.7 Å². The minimum atomic E-state index is -0.379. The molecule has 28 heavy (non-hydrogen) atoms. The fourth-order valence-corrected chi connectivity index (χ4v) is 3.79. The summed E-state index contributed by atoms with van der Waals surface area (Å²) in [6.45, 7) is 9.19. The van der Waals surface area contributed by atoms with Crippen molar-refractivity contribution in [2.24, 2.45) is 0 Å². The molecular weight excluding hydrogens is 359 g/mol. The molecule has 1 aromatic heterocycles. The molecule has 7 heteroatoms. The summed E-state index contributed by atoms with van der Waals surface area (Å²) in [5.74, 6) is -0.217. The topological polar surface area (TPSA) is 70.3 Å². The van der Waals surface area contributed by atoms with E-state index in [-0.39, 0.29) is 30.5 Å². The second-order valence-electron chi connectivity index (χ2n) is 7.36. The van der Waals surface area contributed by atoms with Crippen LogP contribution >= 0.6 is 0 Å². The lowest BCUT2D eigenvalue weighted by Gasteiger charge is -2.34. The summed E-state index contributed by atoms with van der Waals surface area (Å²) in [4.78, 5) is 14.8. The van der Waals surface area contributed by atoms with Crippen LogP contribution in [0.4, 0.5) is 10.2 Å². The molecule has 2 heterocycles. The van der Waals surface area contributed by atoms with E-state index in [2.05, 4.69) is 11.4 Å². The zero-order chi connectivity index (χ0) is 20.4. The third-order valence-electron chi connectivity index (χ3n) is 5.01. The Morgan fingerprint density at radius 3 is 2.61 bits per heavy atom. The van der Waals surface area contributed by atoms with Crippen molar-refractivity contribution in [2.75, 3.05) is 25.0 Å². The number of hydrogen-bond acceptors (Lipinski definition) is 4. The molecule has 3 rings (SSSR count). The Labute approximate surface area is 164 Å². The Hall–Kier alpha value is -2.69. The molecule has 1 aliphatic heterocycles. The monoisotopic (exact) mass is 384 g/mol. The maximum absolute atomic E-state index is 13.8. The van der Waals surface area contributed by atoms with Crippen molar-refractivity contribution in [3.05, 3.63) is 46.9 Å². The van der Waals surface area contributed by atoms with Gasteiger partial charge in [0.2, 0.25) is 5.91 Å². The number of ether oxygens (including phenoxy) is 1. The van der Waals surface area contributed by atoms with E-state index in [9.17, 15) is 14.4 Å². The van der Waals surface area contributed by atoms with Gasteiger partial charge in [0.15, 0.2) is 0 Å². The molecule has 0 aliphatic carbocycles. The molecule has 0 radical (unpaired) electrons. The van der Waals surface area contributed by atoms with E-state index in [1.807, 2.05) is 32.6 Å². The van der Waals surface area contributed by atoms with E-state index in [0.717, 1.165) is 11.3 Å². The normalized spacial score (nSPS) is 20.0. The van der Waals surface area contributed by atoms with Gasteiger partial charge in [0.1, 0.15) is 17.7 Å². The summed E-state index contributed by atoms with van der Waals surface area (Å²) < 4.78 is 21.2. The van der Waals surface area contributed by atoms with Crippen molar-refractivity contribution in [3.8, 4) is 11.8 Å². The summed E-state index contributed by atoms with van der Waals surface area (Å²) in [5, 5.41) is 12.5. The maximum atomic E-state index is 13.8. The molecular formula is C21H25FN4O2. The molecule has 2 atom stereocenters. The first-order valence-electron chi connectivity index (χ1n) is 9.35. The SMILES string of the molecule is Cc1c(C#N)c(NC(=O)CN2C[C@@H](C)O[C@@H](C)C2)n(-c2cccc(F)c2)c1C. The molecule has 1 aliphatic rings. The molecule has 2 aromatic rings. The van der Waals surface area contributed by atoms with Gasteiger partial charge in [-0.2, -0.15) is 5.26 Å². The van der Waals surface area contributed by atoms with E-state index in [0.29, 0.717) is 30.2 Å². The Balaban J connectivity index is 1.90. The quantitative estimate of drug-likeness (QED) is 0.879. The molecule has 0 unspecified atom stereocenters. The predicted octanol–water partition coefficient (Wildman–Crippen LogP) is 3.15. The van der Waals surface area contributed by atoms with Crippen LogP contribution in [-0.2, 0) is 9.53 Å². The highest BCUT2D eigenvalue weighted by Gasteiger charge is 2.25. The van der Waals surface area contributed by atoms with Crippen molar-refractivity contribution in [3.63, 3.8) is 0 Å². The highest BCUT2D eigenvalue weighted by atomic mass is 19.1. The fourth-order valence-electron chi connectivity index (χ4n) is 3.79. The third kappa shape index (κ3) is 4.08. The summed E-state index contributed by atoms with van der Waals surface area (Å²) >= 11 is 0. The van der Waals surface area contributed by atoms with Crippen LogP contribution in [0.25, 0.3) is 5.69 Å². The first kappa shape index (κ1) is 20.1. The zero-order valence-electron chi connectivity index (χ0n) is 16.6. The molecule has 1 N–H and O–H groups in total. The number of nitriles is 1. The number of carbonyl (C=O) groups is 1. The van der Waals surface area contributed by atoms with Crippen molar-refractivity contribution in [1.82, 2.24) is 9.47 Å². The van der Waals surface area contributed by atoms with Gasteiger partial charge in [0.05, 0.1) is 30.0 Å². The van der Waals surface area contributed by atoms with Crippen LogP contribution in [0.1, 0.15) is 30.7 Å². The third-order valence-corrected chi connectivity index (χ3v) is 5.01. The molecule has 1 saturated heterocycles. The average molecular weight is 384 g/mol. The Morgan fingerprint density at radius 1 is 1.32 bits per heavy atom. The average Bonchev–Trinajstić information content (AvgIpc) is 2.83. The first-order chi connectivity index (χ1) is 13.3. The number of rotatable bonds is 4. The number of morpholine rings is 1. The second kappa shape index (κ2) is 8.13. The van der Waals surface area contributed by atoms with Gasteiger partial charge < -0.3 is 10.1 Å². The van der Waals surface area contributed by atoms with Gasteiger partial charge >= 0.3 is 0 Å². The van der Waals surface area contributed by atoms with Crippen LogP contribution < -0.4 is 5.32 Å². The fraction of sp³-hybridized carbons (Fsp3) is 0.429. The van der Waals surface area contributed by atoms with Crippen LogP contribution in [0.3, 0.4) is 0 Å². The molecule has 1 aromatic carbocycles. The Morgan fingerprint density at radius 2 is 2.00 bits per heavy atom. The van der Waals surface area contributed by atoms with Crippen LogP contribution in [0.2, 0.25) is 0 Å². The lowest BCUT2D eigenvalue weighted by Crippen LogP contribution is -2.48. The second-order valence-corrected chi connectivity index (χ2v) is 7.36. The van der Waals surface area contributed by atoms with Gasteiger partial charge in [-0.05, 0) is 51.5 Å². The zero-order valence-corrected chi connectivity index (χ0v) is 16.6. The number of hydrogen-bond donors (Lipinski definition) is 1. The largest absolute Gasteiger partial charge is 0.373 e. The number of nitrogens with zero attached hydrogens (tertiary/aromatic N) is 3. The van der Waals surface area contributed by atoms with Crippen LogP contribution in [-0.4, -0.2) is 47.2 Å². The number of amides is 1. The van der Waals surface area contributed by atoms with E-state index >= 15 is 0 Å². The number of benzene rings is 1. The molecule has 0 saturated carbocycles. The predicted molar refractivity (Wildman–Crippen MR) is 105 cm³/mol. The van der Waals surface area contributed by atoms with Crippen LogP contribution in [0.15, 0.2) is 24.3 Å². The highest BCUT2D eigenvalue weighted by molar-refractivity contribution is 5.93.